The largest absolute Gasteiger partial charge is 0.310 e. The average molecular weight is 700 g/mol. The molecule has 0 aliphatic heterocycles. The van der Waals surface area contributed by atoms with Gasteiger partial charge in [-0.05, 0) is 86.6 Å². The molecule has 2 aromatic heterocycles. The van der Waals surface area contributed by atoms with Crippen molar-refractivity contribution < 1.29 is 0 Å². The highest BCUT2D eigenvalue weighted by molar-refractivity contribution is 7.27. The molecule has 0 bridgehead atoms. The fourth-order valence-electron chi connectivity index (χ4n) is 8.68. The molecule has 8 aromatic carbocycles. The Morgan fingerprint density at radius 3 is 1.94 bits per heavy atom. The first-order valence-corrected chi connectivity index (χ1v) is 19.6. The van der Waals surface area contributed by atoms with Gasteiger partial charge in [-0.25, -0.2) is 0 Å². The minimum absolute atomic E-state index is 0.0822. The summed E-state index contributed by atoms with van der Waals surface area (Å²) < 4.78 is 5.33. The molecule has 1 aliphatic rings. The summed E-state index contributed by atoms with van der Waals surface area (Å²) in [7, 11) is 0. The van der Waals surface area contributed by atoms with E-state index >= 15 is 0 Å². The van der Waals surface area contributed by atoms with Crippen LogP contribution in [0.3, 0.4) is 0 Å². The topological polar surface area (TPSA) is 3.24 Å². The molecule has 10 aromatic rings. The number of rotatable bonds is 4. The van der Waals surface area contributed by atoms with E-state index in [-0.39, 0.29) is 5.41 Å². The molecule has 1 nitrogen and oxygen atoms in total. The van der Waals surface area contributed by atoms with E-state index in [1.54, 1.807) is 0 Å². The first-order chi connectivity index (χ1) is 25.5. The zero-order valence-electron chi connectivity index (χ0n) is 28.9. The van der Waals surface area contributed by atoms with Gasteiger partial charge >= 0.3 is 0 Å². The summed E-state index contributed by atoms with van der Waals surface area (Å²) in [5.41, 5.74) is 11.4. The lowest BCUT2D eigenvalue weighted by molar-refractivity contribution is 0.660. The van der Waals surface area contributed by atoms with Crippen LogP contribution in [0.4, 0.5) is 17.1 Å². The van der Waals surface area contributed by atoms with Crippen LogP contribution in [-0.4, -0.2) is 0 Å². The van der Waals surface area contributed by atoms with Crippen LogP contribution >= 0.6 is 22.7 Å². The van der Waals surface area contributed by atoms with Crippen LogP contribution in [0, 0.1) is 0 Å². The smallest absolute Gasteiger partial charge is 0.0476 e. The molecular formula is C49H33NS2. The van der Waals surface area contributed by atoms with Gasteiger partial charge in [-0.2, -0.15) is 0 Å². The third kappa shape index (κ3) is 4.33. The van der Waals surface area contributed by atoms with E-state index < -0.39 is 0 Å². The standard InChI is InChI=1S/C49H33NS2/c1-49(2)43-16-7-5-12-37(43)38-26-23-33(28-44(38)49)50(34-24-27-40-39-13-6-8-17-45(39)51-46(40)29-34)32-21-18-31(19-22-32)36-14-9-15-41-42-25-20-30-10-3-4-11-35(30)48(42)52-47(36)41/h3-29H,1-2H3. The number of nitrogens with zero attached hydrogens (tertiary/aromatic N) is 1. The summed E-state index contributed by atoms with van der Waals surface area (Å²) in [5.74, 6) is 0. The van der Waals surface area contributed by atoms with E-state index in [0.29, 0.717) is 0 Å². The maximum Gasteiger partial charge on any atom is 0.0476 e. The molecule has 0 unspecified atom stereocenters. The van der Waals surface area contributed by atoms with Gasteiger partial charge in [-0.3, -0.25) is 0 Å². The van der Waals surface area contributed by atoms with Crippen molar-refractivity contribution in [3.8, 4) is 22.3 Å². The number of thiophene rings is 2. The number of anilines is 3. The first-order valence-electron chi connectivity index (χ1n) is 17.9. The molecule has 11 rings (SSSR count). The summed E-state index contributed by atoms with van der Waals surface area (Å²) in [6.45, 7) is 4.72. The van der Waals surface area contributed by atoms with Crippen LogP contribution in [0.5, 0.6) is 0 Å². The summed E-state index contributed by atoms with van der Waals surface area (Å²) >= 11 is 3.79. The normalized spacial score (nSPS) is 13.3. The lowest BCUT2D eigenvalue weighted by Crippen LogP contribution is -2.16. The summed E-state index contributed by atoms with van der Waals surface area (Å²) in [5, 5.41) is 7.92. The minimum Gasteiger partial charge on any atom is -0.310 e. The highest BCUT2D eigenvalue weighted by Gasteiger charge is 2.35. The van der Waals surface area contributed by atoms with Gasteiger partial charge in [0.1, 0.15) is 0 Å². The van der Waals surface area contributed by atoms with Crippen molar-refractivity contribution in [3.63, 3.8) is 0 Å². The Hall–Kier alpha value is -5.74. The molecule has 0 N–H and O–H groups in total. The maximum atomic E-state index is 2.44. The van der Waals surface area contributed by atoms with Gasteiger partial charge in [0.2, 0.25) is 0 Å². The third-order valence-corrected chi connectivity index (χ3v) is 13.7. The molecule has 0 saturated heterocycles. The third-order valence-electron chi connectivity index (χ3n) is 11.3. The quantitative estimate of drug-likeness (QED) is 0.177. The molecule has 246 valence electrons. The van der Waals surface area contributed by atoms with Crippen molar-refractivity contribution in [2.75, 3.05) is 4.90 Å². The predicted octanol–water partition coefficient (Wildman–Crippen LogP) is 15.0. The molecule has 0 radical (unpaired) electrons. The molecule has 0 fully saturated rings. The van der Waals surface area contributed by atoms with Crippen molar-refractivity contribution in [2.24, 2.45) is 0 Å². The SMILES string of the molecule is CC1(C)c2ccccc2-c2ccc(N(c3ccc(-c4cccc5c4sc4c6ccccc6ccc54)cc3)c3ccc4c(c3)sc3ccccc34)cc21. The molecule has 3 heteroatoms. The van der Waals surface area contributed by atoms with Gasteiger partial charge in [0, 0.05) is 62.8 Å². The second kappa shape index (κ2) is 11.1. The van der Waals surface area contributed by atoms with Gasteiger partial charge in [0.05, 0.1) is 0 Å². The maximum absolute atomic E-state index is 2.44. The lowest BCUT2D eigenvalue weighted by Gasteiger charge is -2.28. The van der Waals surface area contributed by atoms with E-state index in [1.165, 1.54) is 95.9 Å². The van der Waals surface area contributed by atoms with Crippen LogP contribution in [0.25, 0.3) is 73.4 Å². The van der Waals surface area contributed by atoms with Crippen molar-refractivity contribution in [1.82, 2.24) is 0 Å². The molecule has 0 spiro atoms. The second-order valence-electron chi connectivity index (χ2n) is 14.5. The molecule has 0 amide bonds. The first kappa shape index (κ1) is 29.9. The Morgan fingerprint density at radius 1 is 0.404 bits per heavy atom. The number of hydrogen-bond donors (Lipinski definition) is 0. The Kier molecular flexibility index (Phi) is 6.41. The van der Waals surface area contributed by atoms with Crippen molar-refractivity contribution in [2.45, 2.75) is 19.3 Å². The van der Waals surface area contributed by atoms with Crippen LogP contribution in [0.15, 0.2) is 164 Å². The van der Waals surface area contributed by atoms with Crippen LogP contribution in [-0.2, 0) is 5.41 Å². The van der Waals surface area contributed by atoms with E-state index in [4.69, 9.17) is 0 Å². The van der Waals surface area contributed by atoms with Gasteiger partial charge in [-0.15, -0.1) is 22.7 Å². The Labute approximate surface area is 310 Å². The van der Waals surface area contributed by atoms with Crippen LogP contribution in [0.1, 0.15) is 25.0 Å². The van der Waals surface area contributed by atoms with Gasteiger partial charge in [0.25, 0.3) is 0 Å². The zero-order chi connectivity index (χ0) is 34.6. The Balaban J connectivity index is 1.07. The van der Waals surface area contributed by atoms with Crippen molar-refractivity contribution in [1.29, 1.82) is 0 Å². The van der Waals surface area contributed by atoms with Gasteiger partial charge in [-0.1, -0.05) is 135 Å². The van der Waals surface area contributed by atoms with Crippen molar-refractivity contribution in [3.05, 3.63) is 175 Å². The van der Waals surface area contributed by atoms with E-state index in [0.717, 1.165) is 5.69 Å². The van der Waals surface area contributed by atoms with Crippen LogP contribution in [0.2, 0.25) is 0 Å². The molecule has 0 atom stereocenters. The summed E-state index contributed by atoms with van der Waals surface area (Å²) in [6.07, 6.45) is 0. The number of benzene rings is 8. The van der Waals surface area contributed by atoms with Gasteiger partial charge in [0.15, 0.2) is 0 Å². The van der Waals surface area contributed by atoms with E-state index in [1.807, 2.05) is 22.7 Å². The molecule has 0 saturated carbocycles. The van der Waals surface area contributed by atoms with Crippen molar-refractivity contribution >= 4 is 90.9 Å². The van der Waals surface area contributed by atoms with Crippen LogP contribution < -0.4 is 4.90 Å². The van der Waals surface area contributed by atoms with Gasteiger partial charge < -0.3 is 4.90 Å². The summed E-state index contributed by atoms with van der Waals surface area (Å²) in [6, 6.07) is 61.0. The fraction of sp³-hybridized carbons (Fsp3) is 0.0612. The summed E-state index contributed by atoms with van der Waals surface area (Å²) in [4.78, 5) is 2.44. The number of hydrogen-bond acceptors (Lipinski definition) is 3. The number of fused-ring (bicyclic) bond motifs is 11. The predicted molar refractivity (Wildman–Crippen MR) is 227 cm³/mol. The fourth-order valence-corrected chi connectivity index (χ4v) is 11.2. The molecule has 1 aliphatic carbocycles. The molecule has 2 heterocycles. The minimum atomic E-state index is -0.0822. The van der Waals surface area contributed by atoms with E-state index in [2.05, 4.69) is 183 Å². The second-order valence-corrected chi connectivity index (χ2v) is 16.6. The highest BCUT2D eigenvalue weighted by atomic mass is 32.1. The highest BCUT2D eigenvalue weighted by Crippen LogP contribution is 2.51. The lowest BCUT2D eigenvalue weighted by atomic mass is 9.82. The molecular weight excluding hydrogens is 667 g/mol. The molecule has 52 heavy (non-hydrogen) atoms. The Bertz CT molecular complexity index is 3050. The zero-order valence-corrected chi connectivity index (χ0v) is 30.5. The monoisotopic (exact) mass is 699 g/mol. The average Bonchev–Trinajstić information content (AvgIpc) is 3.83. The van der Waals surface area contributed by atoms with E-state index in [9.17, 15) is 0 Å². The Morgan fingerprint density at radius 2 is 1.04 bits per heavy atom.